The number of likely N-dealkylation sites (N-methyl/N-ethyl adjacent to an activating group) is 1. The largest absolute Gasteiger partial charge is 0.416 e. The summed E-state index contributed by atoms with van der Waals surface area (Å²) in [4.78, 5) is 27.2. The van der Waals surface area contributed by atoms with Gasteiger partial charge in [0.05, 0.1) is 17.4 Å². The summed E-state index contributed by atoms with van der Waals surface area (Å²) in [6.07, 6.45) is -2.72. The third kappa shape index (κ3) is 3.90. The van der Waals surface area contributed by atoms with Crippen LogP contribution in [0.3, 0.4) is 0 Å². The van der Waals surface area contributed by atoms with E-state index in [1.165, 1.54) is 17.0 Å². The quantitative estimate of drug-likeness (QED) is 0.691. The Morgan fingerprint density at radius 3 is 2.58 bits per heavy atom. The molecule has 0 aliphatic carbocycles. The first-order valence-corrected chi connectivity index (χ1v) is 9.71. The zero-order chi connectivity index (χ0) is 22.2. The van der Waals surface area contributed by atoms with E-state index >= 15 is 0 Å². The number of rotatable bonds is 4. The predicted molar refractivity (Wildman–Crippen MR) is 108 cm³/mol. The molecule has 9 heteroatoms. The molecule has 1 unspecified atom stereocenters. The fourth-order valence-corrected chi connectivity index (χ4v) is 3.66. The molecule has 0 radical (unpaired) electrons. The second-order valence-corrected chi connectivity index (χ2v) is 7.13. The molecule has 0 saturated heterocycles. The molecule has 6 nitrogen and oxygen atoms in total. The number of carbonyl (C=O) groups is 2. The molecular weight excluding hydrogens is 409 g/mol. The minimum absolute atomic E-state index is 0.156. The van der Waals surface area contributed by atoms with Crippen molar-refractivity contribution in [2.24, 2.45) is 0 Å². The van der Waals surface area contributed by atoms with Crippen LogP contribution in [0.25, 0.3) is 5.69 Å². The fourth-order valence-electron chi connectivity index (χ4n) is 3.66. The van der Waals surface area contributed by atoms with Crippen LogP contribution in [0.5, 0.6) is 0 Å². The monoisotopic (exact) mass is 428 g/mol. The lowest BCUT2D eigenvalue weighted by Gasteiger charge is -2.32. The second-order valence-electron chi connectivity index (χ2n) is 7.13. The van der Waals surface area contributed by atoms with Crippen LogP contribution < -0.4 is 10.2 Å². The van der Waals surface area contributed by atoms with Gasteiger partial charge in [-0.3, -0.25) is 14.5 Å². The summed E-state index contributed by atoms with van der Waals surface area (Å²) >= 11 is 0. The fraction of sp³-hybridized carbons (Fsp3) is 0.227. The molecule has 31 heavy (non-hydrogen) atoms. The normalized spacial score (nSPS) is 16.2. The van der Waals surface area contributed by atoms with Gasteiger partial charge in [-0.2, -0.15) is 18.3 Å². The summed E-state index contributed by atoms with van der Waals surface area (Å²) in [5.41, 5.74) is 0.481. The number of halogens is 3. The van der Waals surface area contributed by atoms with E-state index in [4.69, 9.17) is 0 Å². The standard InChI is InChI=1S/C22H19F3N4O2/c1-2-28-20-15(13-26-29(20)17-9-4-3-5-10-17)12-18(21(28)31)27-19(30)14-7-6-8-16(11-14)22(23,24)25/h3-11,13,18H,2,12H2,1H3,(H,27,30). The van der Waals surface area contributed by atoms with Gasteiger partial charge in [0, 0.05) is 24.1 Å². The molecule has 0 saturated carbocycles. The molecule has 1 N–H and O–H groups in total. The van der Waals surface area contributed by atoms with Crippen LogP contribution in [0.15, 0.2) is 60.8 Å². The van der Waals surface area contributed by atoms with Crippen molar-refractivity contribution in [2.75, 3.05) is 11.4 Å². The molecule has 4 rings (SSSR count). The minimum atomic E-state index is -4.56. The number of aromatic nitrogens is 2. The van der Waals surface area contributed by atoms with E-state index in [-0.39, 0.29) is 17.9 Å². The number of hydrogen-bond acceptors (Lipinski definition) is 3. The van der Waals surface area contributed by atoms with Crippen LogP contribution in [0, 0.1) is 0 Å². The van der Waals surface area contributed by atoms with Gasteiger partial charge >= 0.3 is 6.18 Å². The lowest BCUT2D eigenvalue weighted by atomic mass is 10.0. The first-order chi connectivity index (χ1) is 14.8. The maximum absolute atomic E-state index is 13.1. The van der Waals surface area contributed by atoms with Gasteiger partial charge in [0.25, 0.3) is 11.8 Å². The highest BCUT2D eigenvalue weighted by Crippen LogP contribution is 2.31. The van der Waals surface area contributed by atoms with Gasteiger partial charge in [0.1, 0.15) is 11.9 Å². The van der Waals surface area contributed by atoms with E-state index in [2.05, 4.69) is 10.4 Å². The zero-order valence-corrected chi connectivity index (χ0v) is 16.6. The molecule has 1 atom stereocenters. The first kappa shape index (κ1) is 20.6. The summed E-state index contributed by atoms with van der Waals surface area (Å²) < 4.78 is 40.5. The number of alkyl halides is 3. The van der Waals surface area contributed by atoms with E-state index in [0.29, 0.717) is 12.4 Å². The number of benzene rings is 2. The van der Waals surface area contributed by atoms with Crippen molar-refractivity contribution in [3.8, 4) is 5.69 Å². The van der Waals surface area contributed by atoms with E-state index < -0.39 is 23.7 Å². The zero-order valence-electron chi connectivity index (χ0n) is 16.6. The predicted octanol–water partition coefficient (Wildman–Crippen LogP) is 3.60. The first-order valence-electron chi connectivity index (χ1n) is 9.71. The Hall–Kier alpha value is -3.62. The Kier molecular flexibility index (Phi) is 5.26. The summed E-state index contributed by atoms with van der Waals surface area (Å²) in [7, 11) is 0. The molecule has 1 aliphatic rings. The van der Waals surface area contributed by atoms with E-state index in [1.54, 1.807) is 17.8 Å². The van der Waals surface area contributed by atoms with Gasteiger partial charge in [-0.1, -0.05) is 24.3 Å². The highest BCUT2D eigenvalue weighted by Gasteiger charge is 2.37. The molecule has 2 heterocycles. The number of anilines is 1. The number of nitrogens with one attached hydrogen (secondary N) is 1. The van der Waals surface area contributed by atoms with Crippen LogP contribution in [-0.2, 0) is 17.4 Å². The number of nitrogens with zero attached hydrogens (tertiary/aromatic N) is 3. The number of carbonyl (C=O) groups excluding carboxylic acids is 2. The highest BCUT2D eigenvalue weighted by molar-refractivity contribution is 6.04. The third-order valence-electron chi connectivity index (χ3n) is 5.14. The molecule has 0 fully saturated rings. The van der Waals surface area contributed by atoms with Crippen LogP contribution in [0.2, 0.25) is 0 Å². The van der Waals surface area contributed by atoms with Crippen molar-refractivity contribution in [2.45, 2.75) is 25.6 Å². The summed E-state index contributed by atoms with van der Waals surface area (Å²) in [6.45, 7) is 2.15. The van der Waals surface area contributed by atoms with Gasteiger partial charge in [-0.15, -0.1) is 0 Å². The maximum Gasteiger partial charge on any atom is 0.416 e. The molecule has 0 spiro atoms. The number of fused-ring (bicyclic) bond motifs is 1. The van der Waals surface area contributed by atoms with E-state index in [1.807, 2.05) is 30.3 Å². The summed E-state index contributed by atoms with van der Waals surface area (Å²) in [5, 5.41) is 6.98. The average molecular weight is 428 g/mol. The Morgan fingerprint density at radius 1 is 1.16 bits per heavy atom. The van der Waals surface area contributed by atoms with Crippen molar-refractivity contribution in [3.05, 3.63) is 77.5 Å². The van der Waals surface area contributed by atoms with Crippen LogP contribution in [0.4, 0.5) is 19.0 Å². The number of para-hydroxylation sites is 1. The number of amides is 2. The van der Waals surface area contributed by atoms with E-state index in [0.717, 1.165) is 23.4 Å². The van der Waals surface area contributed by atoms with Gasteiger partial charge in [-0.25, -0.2) is 4.68 Å². The Morgan fingerprint density at radius 2 is 1.90 bits per heavy atom. The molecule has 0 bridgehead atoms. The highest BCUT2D eigenvalue weighted by atomic mass is 19.4. The molecule has 3 aromatic rings. The third-order valence-corrected chi connectivity index (χ3v) is 5.14. The van der Waals surface area contributed by atoms with Crippen molar-refractivity contribution < 1.29 is 22.8 Å². The van der Waals surface area contributed by atoms with Crippen molar-refractivity contribution >= 4 is 17.6 Å². The van der Waals surface area contributed by atoms with Crippen LogP contribution in [0.1, 0.15) is 28.4 Å². The van der Waals surface area contributed by atoms with Crippen molar-refractivity contribution in [1.82, 2.24) is 15.1 Å². The summed E-state index contributed by atoms with van der Waals surface area (Å²) in [5.74, 6) is -0.448. The van der Waals surface area contributed by atoms with Crippen molar-refractivity contribution in [3.63, 3.8) is 0 Å². The Labute approximate surface area is 176 Å². The maximum atomic E-state index is 13.1. The van der Waals surface area contributed by atoms with Gasteiger partial charge in [0.15, 0.2) is 0 Å². The lowest BCUT2D eigenvalue weighted by molar-refractivity contribution is -0.137. The van der Waals surface area contributed by atoms with Crippen LogP contribution >= 0.6 is 0 Å². The summed E-state index contributed by atoms with van der Waals surface area (Å²) in [6, 6.07) is 12.6. The van der Waals surface area contributed by atoms with E-state index in [9.17, 15) is 22.8 Å². The smallest absolute Gasteiger partial charge is 0.340 e. The molecule has 1 aliphatic heterocycles. The lowest BCUT2D eigenvalue weighted by Crippen LogP contribution is -2.53. The topological polar surface area (TPSA) is 67.2 Å². The average Bonchev–Trinajstić information content (AvgIpc) is 3.18. The molecule has 2 aromatic carbocycles. The molecule has 2 amide bonds. The molecule has 1 aromatic heterocycles. The second kappa shape index (κ2) is 7.90. The van der Waals surface area contributed by atoms with Gasteiger partial charge in [-0.05, 0) is 37.3 Å². The van der Waals surface area contributed by atoms with Gasteiger partial charge < -0.3 is 5.32 Å². The van der Waals surface area contributed by atoms with Crippen LogP contribution in [-0.4, -0.2) is 34.2 Å². The Bertz CT molecular complexity index is 1130. The molecule has 160 valence electrons. The Balaban J connectivity index is 1.61. The minimum Gasteiger partial charge on any atom is -0.340 e. The molecular formula is C22H19F3N4O2. The SMILES string of the molecule is CCN1C(=O)C(NC(=O)c2cccc(C(F)(F)F)c2)Cc2cnn(-c3ccccc3)c21. The number of hydrogen-bond donors (Lipinski definition) is 1. The van der Waals surface area contributed by atoms with Crippen molar-refractivity contribution in [1.29, 1.82) is 0 Å². The van der Waals surface area contributed by atoms with Gasteiger partial charge in [0.2, 0.25) is 0 Å².